The van der Waals surface area contributed by atoms with Crippen LogP contribution in [0.1, 0.15) is 23.8 Å². The molecule has 3 rings (SSSR count). The van der Waals surface area contributed by atoms with E-state index in [1.807, 2.05) is 17.5 Å². The summed E-state index contributed by atoms with van der Waals surface area (Å²) in [6.07, 6.45) is 1.63. The second kappa shape index (κ2) is 6.43. The van der Waals surface area contributed by atoms with Crippen LogP contribution in [0.15, 0.2) is 40.6 Å². The summed E-state index contributed by atoms with van der Waals surface area (Å²) < 4.78 is 27.5. The normalized spacial score (nSPS) is 14.6. The smallest absolute Gasteiger partial charge is 0.240 e. The molecule has 1 amide bonds. The molecule has 0 unspecified atom stereocenters. The fourth-order valence-corrected chi connectivity index (χ4v) is 4.52. The molecule has 2 heterocycles. The number of nitrogens with zero attached hydrogens (tertiary/aromatic N) is 1. The monoisotopic (exact) mass is 350 g/mol. The molecule has 2 aromatic rings. The molecule has 0 atom stereocenters. The van der Waals surface area contributed by atoms with E-state index < -0.39 is 10.0 Å². The van der Waals surface area contributed by atoms with Gasteiger partial charge in [0, 0.05) is 30.6 Å². The van der Waals surface area contributed by atoms with Crippen LogP contribution in [0.25, 0.3) is 0 Å². The zero-order valence-corrected chi connectivity index (χ0v) is 14.4. The molecule has 1 aromatic heterocycles. The first-order valence-electron chi connectivity index (χ1n) is 7.40. The van der Waals surface area contributed by atoms with Crippen molar-refractivity contribution in [2.24, 2.45) is 0 Å². The van der Waals surface area contributed by atoms with E-state index in [1.165, 1.54) is 18.3 Å². The second-order valence-corrected chi connectivity index (χ2v) is 8.27. The quantitative estimate of drug-likeness (QED) is 0.921. The van der Waals surface area contributed by atoms with Crippen molar-refractivity contribution in [2.75, 3.05) is 11.4 Å². The number of carbonyl (C=O) groups excluding carboxylic acids is 1. The number of hydrogen-bond donors (Lipinski definition) is 1. The van der Waals surface area contributed by atoms with E-state index in [9.17, 15) is 13.2 Å². The van der Waals surface area contributed by atoms with Crippen LogP contribution in [0, 0.1) is 0 Å². The van der Waals surface area contributed by atoms with E-state index in [-0.39, 0.29) is 17.3 Å². The molecular weight excluding hydrogens is 332 g/mol. The number of nitrogens with one attached hydrogen (secondary N) is 1. The summed E-state index contributed by atoms with van der Waals surface area (Å²) in [4.78, 5) is 14.6. The van der Waals surface area contributed by atoms with E-state index in [1.54, 1.807) is 23.1 Å². The van der Waals surface area contributed by atoms with Crippen LogP contribution in [0.5, 0.6) is 0 Å². The lowest BCUT2D eigenvalue weighted by molar-refractivity contribution is -0.116. The lowest BCUT2D eigenvalue weighted by Crippen LogP contribution is -2.33. The Kier molecular flexibility index (Phi) is 4.52. The molecule has 0 radical (unpaired) electrons. The zero-order chi connectivity index (χ0) is 16.4. The summed E-state index contributed by atoms with van der Waals surface area (Å²) in [6.45, 7) is 2.50. The van der Waals surface area contributed by atoms with E-state index in [4.69, 9.17) is 0 Å². The minimum Gasteiger partial charge on any atom is -0.312 e. The van der Waals surface area contributed by atoms with E-state index in [0.29, 0.717) is 6.54 Å². The van der Waals surface area contributed by atoms with Crippen molar-refractivity contribution in [3.63, 3.8) is 0 Å². The molecule has 1 aromatic carbocycles. The van der Waals surface area contributed by atoms with Gasteiger partial charge in [-0.15, -0.1) is 11.3 Å². The van der Waals surface area contributed by atoms with Crippen LogP contribution in [0.4, 0.5) is 5.69 Å². The lowest BCUT2D eigenvalue weighted by Gasteiger charge is -2.28. The number of amides is 1. The molecule has 0 aliphatic carbocycles. The molecule has 23 heavy (non-hydrogen) atoms. The molecule has 1 N–H and O–H groups in total. The van der Waals surface area contributed by atoms with Crippen LogP contribution in [-0.4, -0.2) is 20.9 Å². The van der Waals surface area contributed by atoms with Crippen LogP contribution in [0.3, 0.4) is 0 Å². The van der Waals surface area contributed by atoms with E-state index in [0.717, 1.165) is 29.0 Å². The van der Waals surface area contributed by atoms with Gasteiger partial charge in [0.15, 0.2) is 0 Å². The highest BCUT2D eigenvalue weighted by molar-refractivity contribution is 7.89. The van der Waals surface area contributed by atoms with Crippen molar-refractivity contribution in [3.8, 4) is 0 Å². The Bertz CT molecular complexity index is 814. The molecule has 0 spiro atoms. The van der Waals surface area contributed by atoms with Gasteiger partial charge in [-0.25, -0.2) is 13.1 Å². The number of sulfonamides is 1. The van der Waals surface area contributed by atoms with Crippen molar-refractivity contribution in [1.82, 2.24) is 4.72 Å². The molecule has 7 heteroatoms. The van der Waals surface area contributed by atoms with Gasteiger partial charge in [-0.2, -0.15) is 0 Å². The van der Waals surface area contributed by atoms with Gasteiger partial charge in [-0.1, -0.05) is 6.07 Å². The number of anilines is 1. The Morgan fingerprint density at radius 1 is 1.35 bits per heavy atom. The minimum absolute atomic E-state index is 0.0163. The topological polar surface area (TPSA) is 66.5 Å². The Morgan fingerprint density at radius 2 is 2.17 bits per heavy atom. The molecule has 5 nitrogen and oxygen atoms in total. The molecular formula is C16H18N2O3S2. The van der Waals surface area contributed by atoms with Gasteiger partial charge in [0.1, 0.15) is 0 Å². The lowest BCUT2D eigenvalue weighted by atomic mass is 10.0. The predicted molar refractivity (Wildman–Crippen MR) is 91.1 cm³/mol. The van der Waals surface area contributed by atoms with Gasteiger partial charge < -0.3 is 4.90 Å². The number of aryl methyl sites for hydroxylation is 1. The van der Waals surface area contributed by atoms with Crippen molar-refractivity contribution in [1.29, 1.82) is 0 Å². The third-order valence-electron chi connectivity index (χ3n) is 3.88. The van der Waals surface area contributed by atoms with Crippen LogP contribution >= 0.6 is 11.3 Å². The number of fused-ring (bicyclic) bond motifs is 1. The second-order valence-electron chi connectivity index (χ2n) is 5.47. The van der Waals surface area contributed by atoms with Gasteiger partial charge >= 0.3 is 0 Å². The highest BCUT2D eigenvalue weighted by atomic mass is 32.2. The largest absolute Gasteiger partial charge is 0.312 e. The maximum Gasteiger partial charge on any atom is 0.240 e. The summed E-state index contributed by atoms with van der Waals surface area (Å²) in [5, 5.41) is 1.92. The van der Waals surface area contributed by atoms with Crippen molar-refractivity contribution >= 4 is 33.0 Å². The average Bonchev–Trinajstić information content (AvgIpc) is 3.05. The molecule has 0 saturated heterocycles. The minimum atomic E-state index is -3.55. The van der Waals surface area contributed by atoms with Crippen LogP contribution in [0.2, 0.25) is 0 Å². The summed E-state index contributed by atoms with van der Waals surface area (Å²) in [6, 6.07) is 8.77. The molecule has 1 aliphatic heterocycles. The van der Waals surface area contributed by atoms with Gasteiger partial charge in [-0.3, -0.25) is 4.79 Å². The first-order valence-corrected chi connectivity index (χ1v) is 9.77. The summed E-state index contributed by atoms with van der Waals surface area (Å²) in [5.74, 6) is -0.0163. The molecule has 0 fully saturated rings. The summed E-state index contributed by atoms with van der Waals surface area (Å²) >= 11 is 1.51. The maximum atomic E-state index is 12.4. The maximum absolute atomic E-state index is 12.4. The highest BCUT2D eigenvalue weighted by Gasteiger charge is 2.22. The molecule has 1 aliphatic rings. The van der Waals surface area contributed by atoms with Crippen molar-refractivity contribution in [2.45, 2.75) is 31.2 Å². The number of thiophene rings is 1. The fraction of sp³-hybridized carbons (Fsp3) is 0.312. The van der Waals surface area contributed by atoms with Crippen molar-refractivity contribution < 1.29 is 13.2 Å². The highest BCUT2D eigenvalue weighted by Crippen LogP contribution is 2.29. The number of benzene rings is 1. The fourth-order valence-electron chi connectivity index (χ4n) is 2.73. The van der Waals surface area contributed by atoms with Crippen LogP contribution in [-0.2, 0) is 27.8 Å². The average molecular weight is 350 g/mol. The predicted octanol–water partition coefficient (Wildman–Crippen LogP) is 2.53. The van der Waals surface area contributed by atoms with Gasteiger partial charge in [0.25, 0.3) is 0 Å². The van der Waals surface area contributed by atoms with Gasteiger partial charge in [-0.05, 0) is 48.1 Å². The molecule has 0 bridgehead atoms. The SMILES string of the molecule is CC(=O)N1CCCc2cc(S(=O)(=O)NCc3cccs3)ccc21. The Hall–Kier alpha value is -1.70. The number of hydrogen-bond acceptors (Lipinski definition) is 4. The first-order chi connectivity index (χ1) is 11.0. The van der Waals surface area contributed by atoms with Crippen LogP contribution < -0.4 is 9.62 Å². The molecule has 122 valence electrons. The Balaban J connectivity index is 1.84. The number of carbonyl (C=O) groups is 1. The molecule has 0 saturated carbocycles. The zero-order valence-electron chi connectivity index (χ0n) is 12.8. The van der Waals surface area contributed by atoms with E-state index >= 15 is 0 Å². The third-order valence-corrected chi connectivity index (χ3v) is 6.15. The Morgan fingerprint density at radius 3 is 2.87 bits per heavy atom. The standard InChI is InChI=1S/C16H18N2O3S2/c1-12(19)18-8-2-4-13-10-15(6-7-16(13)18)23(20,21)17-11-14-5-3-9-22-14/h3,5-7,9-10,17H,2,4,8,11H2,1H3. The Labute approximate surface area is 140 Å². The van der Waals surface area contributed by atoms with Crippen molar-refractivity contribution in [3.05, 3.63) is 46.2 Å². The summed E-state index contributed by atoms with van der Waals surface area (Å²) in [5.41, 5.74) is 1.73. The van der Waals surface area contributed by atoms with E-state index in [2.05, 4.69) is 4.72 Å². The summed E-state index contributed by atoms with van der Waals surface area (Å²) in [7, 11) is -3.55. The first kappa shape index (κ1) is 16.2. The van der Waals surface area contributed by atoms with Gasteiger partial charge in [0.05, 0.1) is 4.90 Å². The number of rotatable bonds is 4. The van der Waals surface area contributed by atoms with Gasteiger partial charge in [0.2, 0.25) is 15.9 Å². The third kappa shape index (κ3) is 3.46.